The highest BCUT2D eigenvalue weighted by Gasteiger charge is 2.35. The number of rotatable bonds is 6. The van der Waals surface area contributed by atoms with Gasteiger partial charge in [0, 0.05) is 0 Å². The summed E-state index contributed by atoms with van der Waals surface area (Å²) in [5.41, 5.74) is -0.958. The largest absolute Gasteiger partial charge is 0.468 e. The molecule has 0 amide bonds. The van der Waals surface area contributed by atoms with Crippen LogP contribution >= 0.6 is 0 Å². The summed E-state index contributed by atoms with van der Waals surface area (Å²) in [4.78, 5) is 12.4. The second kappa shape index (κ2) is 6.44. The monoisotopic (exact) mass is 378 g/mol. The van der Waals surface area contributed by atoms with Gasteiger partial charge in [-0.3, -0.25) is 4.79 Å². The fourth-order valence-electron chi connectivity index (χ4n) is 3.21. The van der Waals surface area contributed by atoms with Gasteiger partial charge in [-0.25, -0.2) is 0 Å². The zero-order chi connectivity index (χ0) is 19.9. The molecule has 4 rings (SSSR count). The molecular weight excluding hydrogens is 356 g/mol. The Bertz CT molecular complexity index is 1070. The third-order valence-electron chi connectivity index (χ3n) is 5.17. The lowest BCUT2D eigenvalue weighted by Crippen LogP contribution is -2.19. The van der Waals surface area contributed by atoms with Gasteiger partial charge >= 0.3 is 0 Å². The van der Waals surface area contributed by atoms with Crippen molar-refractivity contribution in [1.82, 2.24) is 0 Å². The molecule has 5 heteroatoms. The average molecular weight is 378 g/mol. The summed E-state index contributed by atoms with van der Waals surface area (Å²) < 4.78 is 22.8. The van der Waals surface area contributed by atoms with Crippen LogP contribution in [-0.4, -0.2) is 5.78 Å². The van der Waals surface area contributed by atoms with Crippen LogP contribution in [0.5, 0.6) is 0 Å². The van der Waals surface area contributed by atoms with Crippen molar-refractivity contribution >= 4 is 5.78 Å². The third-order valence-corrected chi connectivity index (χ3v) is 5.17. The molecule has 0 aliphatic heterocycles. The van der Waals surface area contributed by atoms with Crippen molar-refractivity contribution in [3.8, 4) is 0 Å². The maximum Gasteiger partial charge on any atom is 0.263 e. The maximum absolute atomic E-state index is 12.4. The normalized spacial score (nSPS) is 12.4. The van der Waals surface area contributed by atoms with Crippen LogP contribution in [0.3, 0.4) is 0 Å². The molecule has 0 saturated carbocycles. The molecule has 0 radical (unpaired) electrons. The molecule has 4 aromatic heterocycles. The molecule has 0 unspecified atom stereocenters. The Labute approximate surface area is 162 Å². The van der Waals surface area contributed by atoms with Crippen molar-refractivity contribution in [2.24, 2.45) is 0 Å². The van der Waals surface area contributed by atoms with Crippen molar-refractivity contribution in [3.05, 3.63) is 95.6 Å². The summed E-state index contributed by atoms with van der Waals surface area (Å²) in [5.74, 6) is 3.21. The molecule has 28 heavy (non-hydrogen) atoms. The molecule has 0 aliphatic carbocycles. The zero-order valence-corrected chi connectivity index (χ0v) is 16.3. The molecule has 0 spiro atoms. The summed E-state index contributed by atoms with van der Waals surface area (Å²) in [6.45, 7) is 8.09. The Morgan fingerprint density at radius 3 is 1.82 bits per heavy atom. The predicted molar refractivity (Wildman–Crippen MR) is 103 cm³/mol. The van der Waals surface area contributed by atoms with Gasteiger partial charge in [-0.05, 0) is 76.2 Å². The molecule has 0 N–H and O–H groups in total. The van der Waals surface area contributed by atoms with Gasteiger partial charge in [-0.15, -0.1) is 0 Å². The van der Waals surface area contributed by atoms with Crippen molar-refractivity contribution in [2.45, 2.75) is 38.5 Å². The van der Waals surface area contributed by atoms with Crippen LogP contribution in [0.15, 0.2) is 78.7 Å². The van der Waals surface area contributed by atoms with E-state index < -0.39 is 10.8 Å². The average Bonchev–Trinajstić information content (AvgIpc) is 3.48. The molecule has 4 heterocycles. The van der Waals surface area contributed by atoms with Crippen LogP contribution in [0.4, 0.5) is 0 Å². The molecule has 5 nitrogen and oxygen atoms in total. The van der Waals surface area contributed by atoms with Gasteiger partial charge in [0.25, 0.3) is 5.78 Å². The minimum atomic E-state index is -0.556. The van der Waals surface area contributed by atoms with Crippen molar-refractivity contribution in [1.29, 1.82) is 0 Å². The highest BCUT2D eigenvalue weighted by molar-refractivity contribution is 6.05. The molecule has 0 bridgehead atoms. The van der Waals surface area contributed by atoms with E-state index in [1.165, 1.54) is 6.26 Å². The van der Waals surface area contributed by atoms with E-state index in [-0.39, 0.29) is 17.3 Å². The van der Waals surface area contributed by atoms with E-state index in [1.54, 1.807) is 30.5 Å². The van der Waals surface area contributed by atoms with Gasteiger partial charge in [0.2, 0.25) is 0 Å². The van der Waals surface area contributed by atoms with Crippen LogP contribution in [0.2, 0.25) is 0 Å². The predicted octanol–water partition coefficient (Wildman–Crippen LogP) is 5.94. The summed E-state index contributed by atoms with van der Waals surface area (Å²) in [6, 6.07) is 14.5. The highest BCUT2D eigenvalue weighted by Crippen LogP contribution is 2.38. The van der Waals surface area contributed by atoms with Crippen LogP contribution in [0.1, 0.15) is 67.1 Å². The first-order valence-corrected chi connectivity index (χ1v) is 9.13. The second-order valence-corrected chi connectivity index (χ2v) is 7.86. The molecule has 0 saturated heterocycles. The summed E-state index contributed by atoms with van der Waals surface area (Å²) in [7, 11) is 0. The van der Waals surface area contributed by atoms with Gasteiger partial charge in [0.1, 0.15) is 23.0 Å². The first-order chi connectivity index (χ1) is 13.3. The van der Waals surface area contributed by atoms with E-state index in [0.29, 0.717) is 5.76 Å². The van der Waals surface area contributed by atoms with Crippen LogP contribution in [0.25, 0.3) is 0 Å². The maximum atomic E-state index is 12.4. The minimum Gasteiger partial charge on any atom is -0.468 e. The van der Waals surface area contributed by atoms with Gasteiger partial charge in [-0.1, -0.05) is 0 Å². The number of furan rings is 4. The van der Waals surface area contributed by atoms with Crippen molar-refractivity contribution < 1.29 is 22.5 Å². The van der Waals surface area contributed by atoms with E-state index in [0.717, 1.165) is 17.3 Å². The lowest BCUT2D eigenvalue weighted by molar-refractivity contribution is 0.0979. The van der Waals surface area contributed by atoms with Gasteiger partial charge in [-0.2, -0.15) is 0 Å². The molecule has 4 aromatic rings. The third kappa shape index (κ3) is 2.93. The van der Waals surface area contributed by atoms with Crippen LogP contribution in [-0.2, 0) is 10.8 Å². The van der Waals surface area contributed by atoms with E-state index in [1.807, 2.05) is 38.1 Å². The molecule has 0 aliphatic rings. The topological polar surface area (TPSA) is 69.6 Å². The van der Waals surface area contributed by atoms with Crippen molar-refractivity contribution in [3.63, 3.8) is 0 Å². The molecule has 0 atom stereocenters. The molecular formula is C23H22O5. The van der Waals surface area contributed by atoms with Crippen LogP contribution in [0, 0.1) is 0 Å². The molecule has 144 valence electrons. The van der Waals surface area contributed by atoms with Gasteiger partial charge < -0.3 is 17.7 Å². The smallest absolute Gasteiger partial charge is 0.263 e. The van der Waals surface area contributed by atoms with E-state index >= 15 is 0 Å². The summed E-state index contributed by atoms with van der Waals surface area (Å²) >= 11 is 0. The lowest BCUT2D eigenvalue weighted by Gasteiger charge is -2.22. The molecule has 0 aromatic carbocycles. The van der Waals surface area contributed by atoms with Crippen molar-refractivity contribution in [2.75, 3.05) is 0 Å². The van der Waals surface area contributed by atoms with Crippen LogP contribution < -0.4 is 0 Å². The summed E-state index contributed by atoms with van der Waals surface area (Å²) in [5, 5.41) is 0. The first-order valence-electron chi connectivity index (χ1n) is 9.13. The fourth-order valence-corrected chi connectivity index (χ4v) is 3.21. The highest BCUT2D eigenvalue weighted by atomic mass is 16.4. The quantitative estimate of drug-likeness (QED) is 0.388. The van der Waals surface area contributed by atoms with Gasteiger partial charge in [0.15, 0.2) is 11.5 Å². The fraction of sp³-hybridized carbons (Fsp3) is 0.261. The standard InChI is InChI=1S/C23H22O5/c1-22(2,17-8-6-14-26-17)19-11-12-20(28-19)23(3,4)18-10-9-16(27-18)21(24)15-7-5-13-25-15/h5-14H,1-4H3. The number of ketones is 1. The lowest BCUT2D eigenvalue weighted by atomic mass is 9.87. The Hall–Kier alpha value is -3.21. The van der Waals surface area contributed by atoms with E-state index in [9.17, 15) is 4.79 Å². The van der Waals surface area contributed by atoms with Gasteiger partial charge in [0.05, 0.1) is 23.4 Å². The Morgan fingerprint density at radius 2 is 1.21 bits per heavy atom. The zero-order valence-electron chi connectivity index (χ0n) is 16.3. The number of carbonyl (C=O) groups excluding carboxylic acids is 1. The number of carbonyl (C=O) groups is 1. The molecule has 0 fully saturated rings. The Morgan fingerprint density at radius 1 is 0.643 bits per heavy atom. The number of hydrogen-bond acceptors (Lipinski definition) is 5. The Balaban J connectivity index is 1.63. The minimum absolute atomic E-state index is 0.237. The van der Waals surface area contributed by atoms with E-state index in [2.05, 4.69) is 13.8 Å². The second-order valence-electron chi connectivity index (χ2n) is 7.86. The first kappa shape index (κ1) is 18.2. The number of hydrogen-bond donors (Lipinski definition) is 0. The summed E-state index contributed by atoms with van der Waals surface area (Å²) in [6.07, 6.45) is 3.12. The van der Waals surface area contributed by atoms with E-state index in [4.69, 9.17) is 17.7 Å². The Kier molecular flexibility index (Phi) is 4.18. The SMILES string of the molecule is CC(C)(c1ccco1)c1ccc(C(C)(C)c2ccc(C(=O)c3ccco3)o2)o1.